The number of aliphatic hydroxyl groups excluding tert-OH is 1. The second kappa shape index (κ2) is 3.05. The third-order valence-electron chi connectivity index (χ3n) is 1.72. The second-order valence-electron chi connectivity index (χ2n) is 2.84. The van der Waals surface area contributed by atoms with E-state index in [-0.39, 0.29) is 5.82 Å². The zero-order valence-corrected chi connectivity index (χ0v) is 7.81. The number of aromatic nitrogens is 1. The van der Waals surface area contributed by atoms with Crippen LogP contribution in [0.15, 0.2) is 18.2 Å². The quantitative estimate of drug-likeness (QED) is 0.761. The fourth-order valence-corrected chi connectivity index (χ4v) is 2.02. The first-order valence-corrected chi connectivity index (χ1v) is 4.72. The molecule has 68 valence electrons. The van der Waals surface area contributed by atoms with Gasteiger partial charge in [0, 0.05) is 0 Å². The topological polar surface area (TPSA) is 33.1 Å². The number of nitrogens with zero attached hydrogens (tertiary/aromatic N) is 1. The van der Waals surface area contributed by atoms with Crippen LogP contribution >= 0.6 is 11.3 Å². The van der Waals surface area contributed by atoms with Crippen molar-refractivity contribution in [3.8, 4) is 0 Å². The van der Waals surface area contributed by atoms with Crippen molar-refractivity contribution in [1.29, 1.82) is 0 Å². The lowest BCUT2D eigenvalue weighted by Gasteiger charge is -1.93. The highest BCUT2D eigenvalue weighted by molar-refractivity contribution is 7.18. The highest BCUT2D eigenvalue weighted by Crippen LogP contribution is 2.26. The van der Waals surface area contributed by atoms with E-state index >= 15 is 0 Å². The van der Waals surface area contributed by atoms with Crippen LogP contribution in [0.3, 0.4) is 0 Å². The summed E-state index contributed by atoms with van der Waals surface area (Å²) in [5.74, 6) is -0.270. The van der Waals surface area contributed by atoms with E-state index in [9.17, 15) is 9.50 Å². The Morgan fingerprint density at radius 1 is 1.54 bits per heavy atom. The molecule has 0 aliphatic heterocycles. The molecule has 2 aromatic rings. The van der Waals surface area contributed by atoms with Crippen LogP contribution < -0.4 is 0 Å². The van der Waals surface area contributed by atoms with Gasteiger partial charge in [0.25, 0.3) is 0 Å². The first kappa shape index (κ1) is 8.59. The molecule has 0 amide bonds. The molecule has 0 bridgehead atoms. The van der Waals surface area contributed by atoms with Gasteiger partial charge in [-0.1, -0.05) is 0 Å². The fourth-order valence-electron chi connectivity index (χ4n) is 1.09. The second-order valence-corrected chi connectivity index (χ2v) is 3.90. The van der Waals surface area contributed by atoms with Gasteiger partial charge in [-0.3, -0.25) is 0 Å². The van der Waals surface area contributed by atoms with Gasteiger partial charge in [-0.05, 0) is 25.1 Å². The third-order valence-corrected chi connectivity index (χ3v) is 2.91. The van der Waals surface area contributed by atoms with Crippen LogP contribution in [0.1, 0.15) is 18.0 Å². The maximum absolute atomic E-state index is 12.8. The molecular formula is C9H8FNOS. The van der Waals surface area contributed by atoms with Crippen LogP contribution in [0.2, 0.25) is 0 Å². The predicted molar refractivity (Wildman–Crippen MR) is 50.2 cm³/mol. The summed E-state index contributed by atoms with van der Waals surface area (Å²) in [5.41, 5.74) is 0.738. The van der Waals surface area contributed by atoms with Crippen molar-refractivity contribution in [2.24, 2.45) is 0 Å². The normalized spacial score (nSPS) is 13.5. The van der Waals surface area contributed by atoms with Crippen LogP contribution in [0.4, 0.5) is 4.39 Å². The van der Waals surface area contributed by atoms with Crippen LogP contribution in [0.25, 0.3) is 10.2 Å². The Bertz CT molecular complexity index is 438. The van der Waals surface area contributed by atoms with Gasteiger partial charge >= 0.3 is 0 Å². The Balaban J connectivity index is 2.62. The monoisotopic (exact) mass is 197 g/mol. The predicted octanol–water partition coefficient (Wildman–Crippen LogP) is 2.49. The molecule has 13 heavy (non-hydrogen) atoms. The summed E-state index contributed by atoms with van der Waals surface area (Å²) in [6.45, 7) is 1.65. The minimum absolute atomic E-state index is 0.270. The molecule has 0 aliphatic carbocycles. The minimum atomic E-state index is -0.583. The average Bonchev–Trinajstić information content (AvgIpc) is 2.46. The molecule has 2 nitrogen and oxygen atoms in total. The van der Waals surface area contributed by atoms with Gasteiger partial charge in [-0.25, -0.2) is 9.37 Å². The highest BCUT2D eigenvalue weighted by atomic mass is 32.1. The van der Waals surface area contributed by atoms with Gasteiger partial charge < -0.3 is 5.11 Å². The molecule has 0 radical (unpaired) electrons. The number of fused-ring (bicyclic) bond motifs is 1. The van der Waals surface area contributed by atoms with Crippen molar-refractivity contribution in [2.45, 2.75) is 13.0 Å². The number of halogens is 1. The van der Waals surface area contributed by atoms with Crippen LogP contribution in [-0.2, 0) is 0 Å². The Kier molecular flexibility index (Phi) is 2.01. The Labute approximate surface area is 78.7 Å². The van der Waals surface area contributed by atoms with Crippen LogP contribution in [-0.4, -0.2) is 10.1 Å². The highest BCUT2D eigenvalue weighted by Gasteiger charge is 2.08. The van der Waals surface area contributed by atoms with Gasteiger partial charge in [-0.15, -0.1) is 11.3 Å². The zero-order valence-electron chi connectivity index (χ0n) is 6.99. The van der Waals surface area contributed by atoms with Crippen molar-refractivity contribution >= 4 is 21.6 Å². The molecule has 1 N–H and O–H groups in total. The molecule has 1 aromatic heterocycles. The van der Waals surface area contributed by atoms with E-state index in [4.69, 9.17) is 0 Å². The maximum atomic E-state index is 12.8. The smallest absolute Gasteiger partial charge is 0.124 e. The molecule has 1 aromatic carbocycles. The van der Waals surface area contributed by atoms with Gasteiger partial charge in [0.05, 0.1) is 10.2 Å². The standard InChI is InChI=1S/C9H8FNOS/c1-5(12)9-11-7-3-2-6(10)4-8(7)13-9/h2-5,12H,1H3. The van der Waals surface area contributed by atoms with E-state index in [0.29, 0.717) is 5.01 Å². The average molecular weight is 197 g/mol. The van der Waals surface area contributed by atoms with Crippen LogP contribution in [0, 0.1) is 5.82 Å². The van der Waals surface area contributed by atoms with Crippen molar-refractivity contribution in [2.75, 3.05) is 0 Å². The molecule has 2 rings (SSSR count). The molecule has 1 heterocycles. The molecule has 1 atom stereocenters. The molecule has 0 fully saturated rings. The van der Waals surface area contributed by atoms with E-state index in [1.54, 1.807) is 13.0 Å². The lowest BCUT2D eigenvalue weighted by molar-refractivity contribution is 0.199. The lowest BCUT2D eigenvalue weighted by atomic mass is 10.3. The molecule has 0 spiro atoms. The molecule has 4 heteroatoms. The van der Waals surface area contributed by atoms with Gasteiger partial charge in [0.2, 0.25) is 0 Å². The van der Waals surface area contributed by atoms with E-state index in [2.05, 4.69) is 4.98 Å². The van der Waals surface area contributed by atoms with E-state index in [0.717, 1.165) is 10.2 Å². The molecule has 0 saturated heterocycles. The first-order valence-electron chi connectivity index (χ1n) is 3.91. The van der Waals surface area contributed by atoms with E-state index < -0.39 is 6.10 Å². The zero-order chi connectivity index (χ0) is 9.42. The van der Waals surface area contributed by atoms with E-state index in [1.165, 1.54) is 23.5 Å². The summed E-state index contributed by atoms with van der Waals surface area (Å²) in [6, 6.07) is 4.42. The fraction of sp³-hybridized carbons (Fsp3) is 0.222. The number of rotatable bonds is 1. The van der Waals surface area contributed by atoms with Crippen LogP contribution in [0.5, 0.6) is 0 Å². The molecule has 1 unspecified atom stereocenters. The first-order chi connectivity index (χ1) is 6.16. The van der Waals surface area contributed by atoms with Gasteiger partial charge in [0.1, 0.15) is 16.9 Å². The third kappa shape index (κ3) is 1.55. The molecule has 0 saturated carbocycles. The van der Waals surface area contributed by atoms with Gasteiger partial charge in [-0.2, -0.15) is 0 Å². The number of benzene rings is 1. The summed E-state index contributed by atoms with van der Waals surface area (Å²) in [7, 11) is 0. The minimum Gasteiger partial charge on any atom is -0.386 e. The lowest BCUT2D eigenvalue weighted by Crippen LogP contribution is -1.87. The largest absolute Gasteiger partial charge is 0.386 e. The number of aliphatic hydroxyl groups is 1. The summed E-state index contributed by atoms with van der Waals surface area (Å²) >= 11 is 1.32. The van der Waals surface area contributed by atoms with Gasteiger partial charge in [0.15, 0.2) is 0 Å². The van der Waals surface area contributed by atoms with Crippen molar-refractivity contribution in [3.05, 3.63) is 29.0 Å². The van der Waals surface area contributed by atoms with Crippen molar-refractivity contribution in [1.82, 2.24) is 4.98 Å². The number of thiazole rings is 1. The summed E-state index contributed by atoms with van der Waals surface area (Å²) in [6.07, 6.45) is -0.583. The Morgan fingerprint density at radius 3 is 3.00 bits per heavy atom. The summed E-state index contributed by atoms with van der Waals surface area (Å²) in [5, 5.41) is 9.87. The Morgan fingerprint density at radius 2 is 2.31 bits per heavy atom. The van der Waals surface area contributed by atoms with Crippen molar-refractivity contribution < 1.29 is 9.50 Å². The van der Waals surface area contributed by atoms with Crippen molar-refractivity contribution in [3.63, 3.8) is 0 Å². The number of hydrogen-bond donors (Lipinski definition) is 1. The maximum Gasteiger partial charge on any atom is 0.124 e. The Hall–Kier alpha value is -1.000. The summed E-state index contributed by atoms with van der Waals surface area (Å²) in [4.78, 5) is 4.16. The molecular weight excluding hydrogens is 189 g/mol. The summed E-state index contributed by atoms with van der Waals surface area (Å²) < 4.78 is 13.5. The molecule has 0 aliphatic rings. The number of hydrogen-bond acceptors (Lipinski definition) is 3. The van der Waals surface area contributed by atoms with E-state index in [1.807, 2.05) is 0 Å². The SMILES string of the molecule is CC(O)c1nc2ccc(F)cc2s1.